The van der Waals surface area contributed by atoms with Crippen LogP contribution >= 0.6 is 11.3 Å². The number of hydrogen-bond acceptors (Lipinski definition) is 5. The van der Waals surface area contributed by atoms with Crippen LogP contribution in [0.1, 0.15) is 25.6 Å². The number of benzene rings is 1. The van der Waals surface area contributed by atoms with E-state index in [2.05, 4.69) is 5.10 Å². The van der Waals surface area contributed by atoms with Gasteiger partial charge in [0.2, 0.25) is 0 Å². The summed E-state index contributed by atoms with van der Waals surface area (Å²) >= 11 is 1.55. The molecule has 0 fully saturated rings. The van der Waals surface area contributed by atoms with Gasteiger partial charge in [-0.15, -0.1) is 11.3 Å². The van der Waals surface area contributed by atoms with Gasteiger partial charge in [-0.1, -0.05) is 26.8 Å². The van der Waals surface area contributed by atoms with Gasteiger partial charge in [0.05, 0.1) is 21.9 Å². The fraction of sp³-hybridized carbons (Fsp3) is 0.222. The Balaban J connectivity index is 2.03. The molecule has 0 aliphatic carbocycles. The van der Waals surface area contributed by atoms with Crippen LogP contribution in [0.5, 0.6) is 0 Å². The Morgan fingerprint density at radius 3 is 2.40 bits per heavy atom. The molecule has 0 bridgehead atoms. The lowest BCUT2D eigenvalue weighted by molar-refractivity contribution is -0.384. The summed E-state index contributed by atoms with van der Waals surface area (Å²) in [5.41, 5.74) is 1.42. The minimum absolute atomic E-state index is 0.0234. The second kappa shape index (κ2) is 6.25. The molecule has 2 heterocycles. The van der Waals surface area contributed by atoms with Gasteiger partial charge in [0, 0.05) is 22.4 Å². The number of carbonyl (C=O) groups excluding carboxylic acids is 1. The van der Waals surface area contributed by atoms with Crippen molar-refractivity contribution >= 4 is 40.4 Å². The molecule has 0 N–H and O–H groups in total. The molecular weight excluding hydrogens is 338 g/mol. The molecule has 6 nitrogen and oxygen atoms in total. The van der Waals surface area contributed by atoms with Crippen LogP contribution in [0.3, 0.4) is 0 Å². The van der Waals surface area contributed by atoms with Crippen molar-refractivity contribution < 1.29 is 9.72 Å². The van der Waals surface area contributed by atoms with Crippen molar-refractivity contribution in [3.63, 3.8) is 0 Å². The molecule has 1 aromatic carbocycles. The van der Waals surface area contributed by atoms with Crippen LogP contribution in [0.25, 0.3) is 6.08 Å². The number of thiophene rings is 1. The molecule has 0 saturated heterocycles. The van der Waals surface area contributed by atoms with E-state index >= 15 is 0 Å². The summed E-state index contributed by atoms with van der Waals surface area (Å²) in [5.74, 6) is -0.229. The normalized spacial score (nSPS) is 16.4. The maximum absolute atomic E-state index is 12.9. The summed E-state index contributed by atoms with van der Waals surface area (Å²) < 4.78 is 0. The molecule has 0 spiro atoms. The van der Waals surface area contributed by atoms with Crippen LogP contribution in [0.4, 0.5) is 11.4 Å². The Morgan fingerprint density at radius 2 is 1.88 bits per heavy atom. The Bertz CT molecular complexity index is 875. The van der Waals surface area contributed by atoms with Gasteiger partial charge in [-0.05, 0) is 29.7 Å². The number of nitro groups is 1. The average molecular weight is 355 g/mol. The number of carbonyl (C=O) groups is 1. The fourth-order valence-electron chi connectivity index (χ4n) is 2.50. The van der Waals surface area contributed by atoms with E-state index in [1.54, 1.807) is 11.3 Å². The zero-order chi connectivity index (χ0) is 18.2. The Morgan fingerprint density at radius 1 is 1.20 bits per heavy atom. The molecule has 128 valence electrons. The highest BCUT2D eigenvalue weighted by molar-refractivity contribution is 7.10. The smallest absolute Gasteiger partial charge is 0.267 e. The summed E-state index contributed by atoms with van der Waals surface area (Å²) in [7, 11) is 0. The van der Waals surface area contributed by atoms with Gasteiger partial charge in [-0.2, -0.15) is 10.1 Å². The van der Waals surface area contributed by atoms with Crippen LogP contribution in [0.15, 0.2) is 52.5 Å². The number of hydrazone groups is 1. The third-order valence-corrected chi connectivity index (χ3v) is 4.54. The molecule has 1 aliphatic rings. The van der Waals surface area contributed by atoms with Crippen molar-refractivity contribution in [3.8, 4) is 0 Å². The molecule has 0 atom stereocenters. The minimum atomic E-state index is -0.471. The van der Waals surface area contributed by atoms with Crippen molar-refractivity contribution in [2.75, 3.05) is 5.01 Å². The molecule has 2 aromatic rings. The van der Waals surface area contributed by atoms with Crippen LogP contribution < -0.4 is 5.01 Å². The van der Waals surface area contributed by atoms with Gasteiger partial charge in [-0.3, -0.25) is 14.9 Å². The first-order chi connectivity index (χ1) is 11.8. The van der Waals surface area contributed by atoms with Gasteiger partial charge in [-0.25, -0.2) is 0 Å². The van der Waals surface area contributed by atoms with E-state index in [1.807, 2.05) is 44.4 Å². The molecule has 0 unspecified atom stereocenters. The number of hydrogen-bond donors (Lipinski definition) is 0. The second-order valence-corrected chi connectivity index (χ2v) is 7.64. The first kappa shape index (κ1) is 17.0. The van der Waals surface area contributed by atoms with E-state index in [1.165, 1.54) is 29.3 Å². The molecule has 1 amide bonds. The van der Waals surface area contributed by atoms with E-state index in [4.69, 9.17) is 0 Å². The molecule has 1 aliphatic heterocycles. The topological polar surface area (TPSA) is 75.8 Å². The lowest BCUT2D eigenvalue weighted by Crippen LogP contribution is -2.23. The SMILES string of the molecule is CC(C)(C)C1=NN(c2ccc([N+](=O)[O-])cc2)C(=O)C1=Cc1cccs1. The maximum Gasteiger partial charge on any atom is 0.280 e. The predicted octanol–water partition coefficient (Wildman–Crippen LogP) is 4.49. The number of anilines is 1. The van der Waals surface area contributed by atoms with Gasteiger partial charge < -0.3 is 0 Å². The Labute approximate surface area is 149 Å². The molecule has 1 aromatic heterocycles. The van der Waals surface area contributed by atoms with E-state index in [0.29, 0.717) is 17.0 Å². The van der Waals surface area contributed by atoms with Gasteiger partial charge >= 0.3 is 0 Å². The number of nitro benzene ring substituents is 1. The Hall–Kier alpha value is -2.80. The van der Waals surface area contributed by atoms with E-state index in [-0.39, 0.29) is 17.0 Å². The highest BCUT2D eigenvalue weighted by Crippen LogP contribution is 2.33. The van der Waals surface area contributed by atoms with Crippen LogP contribution in [0.2, 0.25) is 0 Å². The molecule has 3 rings (SSSR count). The van der Waals surface area contributed by atoms with E-state index in [0.717, 1.165) is 4.88 Å². The molecular formula is C18H17N3O3S. The molecule has 0 saturated carbocycles. The summed E-state index contributed by atoms with van der Waals surface area (Å²) in [5, 5.41) is 18.6. The van der Waals surface area contributed by atoms with Crippen molar-refractivity contribution in [1.82, 2.24) is 0 Å². The monoisotopic (exact) mass is 355 g/mol. The van der Waals surface area contributed by atoms with Crippen LogP contribution in [0, 0.1) is 15.5 Å². The van der Waals surface area contributed by atoms with Crippen molar-refractivity contribution in [1.29, 1.82) is 0 Å². The number of rotatable bonds is 3. The summed E-state index contributed by atoms with van der Waals surface area (Å²) in [6.45, 7) is 6.00. The van der Waals surface area contributed by atoms with E-state index < -0.39 is 4.92 Å². The van der Waals surface area contributed by atoms with Crippen molar-refractivity contribution in [3.05, 3.63) is 62.3 Å². The first-order valence-electron chi connectivity index (χ1n) is 7.71. The number of nitrogens with zero attached hydrogens (tertiary/aromatic N) is 3. The second-order valence-electron chi connectivity index (χ2n) is 6.66. The lowest BCUT2D eigenvalue weighted by atomic mass is 9.85. The lowest BCUT2D eigenvalue weighted by Gasteiger charge is -2.17. The van der Waals surface area contributed by atoms with E-state index in [9.17, 15) is 14.9 Å². The predicted molar refractivity (Wildman–Crippen MR) is 99.8 cm³/mol. The van der Waals surface area contributed by atoms with Crippen molar-refractivity contribution in [2.45, 2.75) is 20.8 Å². The van der Waals surface area contributed by atoms with Crippen LogP contribution in [-0.4, -0.2) is 16.5 Å². The van der Waals surface area contributed by atoms with Gasteiger partial charge in [0.25, 0.3) is 11.6 Å². The average Bonchev–Trinajstić information content (AvgIpc) is 3.16. The standard InChI is InChI=1S/C18H17N3O3S/c1-18(2,3)16-15(11-14-5-4-10-25-14)17(22)20(19-16)12-6-8-13(9-7-12)21(23)24/h4-11H,1-3H3. The maximum atomic E-state index is 12.9. The van der Waals surface area contributed by atoms with Crippen LogP contribution in [-0.2, 0) is 4.79 Å². The minimum Gasteiger partial charge on any atom is -0.267 e. The van der Waals surface area contributed by atoms with Gasteiger partial charge in [0.15, 0.2) is 0 Å². The summed E-state index contributed by atoms with van der Waals surface area (Å²) in [6.07, 6.45) is 1.85. The van der Waals surface area contributed by atoms with Gasteiger partial charge in [0.1, 0.15) is 0 Å². The summed E-state index contributed by atoms with van der Waals surface area (Å²) in [4.78, 5) is 24.2. The highest BCUT2D eigenvalue weighted by Gasteiger charge is 2.37. The third kappa shape index (κ3) is 3.36. The number of amides is 1. The Kier molecular flexibility index (Phi) is 4.26. The zero-order valence-electron chi connectivity index (χ0n) is 14.1. The van der Waals surface area contributed by atoms with Crippen molar-refractivity contribution in [2.24, 2.45) is 10.5 Å². The number of non-ortho nitro benzene ring substituents is 1. The third-order valence-electron chi connectivity index (χ3n) is 3.72. The molecule has 7 heteroatoms. The fourth-order valence-corrected chi connectivity index (χ4v) is 3.16. The summed E-state index contributed by atoms with van der Waals surface area (Å²) in [6, 6.07) is 9.69. The largest absolute Gasteiger partial charge is 0.280 e. The molecule has 0 radical (unpaired) electrons. The highest BCUT2D eigenvalue weighted by atomic mass is 32.1. The molecule has 25 heavy (non-hydrogen) atoms. The quantitative estimate of drug-likeness (QED) is 0.462. The zero-order valence-corrected chi connectivity index (χ0v) is 14.9. The first-order valence-corrected chi connectivity index (χ1v) is 8.59.